The average Bonchev–Trinajstić information content (AvgIpc) is 3.23. The molecule has 2 aromatic rings. The number of aromatic nitrogens is 2. The number of nitrogens with one attached hydrogen (secondary N) is 1. The van der Waals surface area contributed by atoms with Gasteiger partial charge >= 0.3 is 0 Å². The molecule has 2 fully saturated rings. The average molecular weight is 313 g/mol. The number of fused-ring (bicyclic) bond motifs is 2. The van der Waals surface area contributed by atoms with Gasteiger partial charge in [-0.1, -0.05) is 6.42 Å². The third-order valence-electron chi connectivity index (χ3n) is 5.33. The first-order valence-corrected chi connectivity index (χ1v) is 8.91. The molecular formula is C18H23N3O2. The molecule has 1 N–H and O–H groups in total. The van der Waals surface area contributed by atoms with Crippen LogP contribution in [0.5, 0.6) is 11.5 Å². The summed E-state index contributed by atoms with van der Waals surface area (Å²) in [5, 5.41) is 3.66. The molecule has 1 atom stereocenters. The van der Waals surface area contributed by atoms with Crippen molar-refractivity contribution in [2.75, 3.05) is 13.3 Å². The Morgan fingerprint density at radius 1 is 1.13 bits per heavy atom. The van der Waals surface area contributed by atoms with Gasteiger partial charge in [-0.3, -0.25) is 0 Å². The van der Waals surface area contributed by atoms with Crippen molar-refractivity contribution in [1.82, 2.24) is 14.9 Å². The molecule has 5 heteroatoms. The number of ether oxygens (including phenoxy) is 2. The summed E-state index contributed by atoms with van der Waals surface area (Å²) in [7, 11) is 0. The van der Waals surface area contributed by atoms with Crippen molar-refractivity contribution < 1.29 is 9.47 Å². The summed E-state index contributed by atoms with van der Waals surface area (Å²) in [5.74, 6) is 3.60. The molecule has 1 saturated heterocycles. The number of hydrogen-bond donors (Lipinski definition) is 1. The molecular weight excluding hydrogens is 290 g/mol. The van der Waals surface area contributed by atoms with Crippen LogP contribution in [0.1, 0.15) is 50.3 Å². The first-order chi connectivity index (χ1) is 11.4. The standard InChI is InChI=1S/C18H23N3O2/c1-2-7-19-13(3-1)6-8-21-15-10-17-16(22-11-23-17)9-14(15)20-18(21)12-4-5-12/h9-10,12-13,19H,1-8,11H2. The highest BCUT2D eigenvalue weighted by Crippen LogP contribution is 2.43. The highest BCUT2D eigenvalue weighted by molar-refractivity contribution is 5.81. The highest BCUT2D eigenvalue weighted by Gasteiger charge is 2.30. The number of piperidine rings is 1. The van der Waals surface area contributed by atoms with Gasteiger partial charge in [-0.05, 0) is 38.6 Å². The van der Waals surface area contributed by atoms with Gasteiger partial charge in [0.1, 0.15) is 5.82 Å². The quantitative estimate of drug-likeness (QED) is 0.942. The molecule has 0 radical (unpaired) electrons. The molecule has 122 valence electrons. The largest absolute Gasteiger partial charge is 0.454 e. The van der Waals surface area contributed by atoms with Gasteiger partial charge in [-0.2, -0.15) is 0 Å². The summed E-state index contributed by atoms with van der Waals surface area (Å²) < 4.78 is 13.5. The molecule has 0 bridgehead atoms. The van der Waals surface area contributed by atoms with Crippen molar-refractivity contribution in [3.63, 3.8) is 0 Å². The molecule has 1 saturated carbocycles. The number of benzene rings is 1. The zero-order chi connectivity index (χ0) is 15.2. The minimum absolute atomic E-state index is 0.323. The third kappa shape index (κ3) is 2.47. The van der Waals surface area contributed by atoms with Gasteiger partial charge in [-0.25, -0.2) is 4.98 Å². The first kappa shape index (κ1) is 13.7. The lowest BCUT2D eigenvalue weighted by Crippen LogP contribution is -2.34. The van der Waals surface area contributed by atoms with E-state index in [0.29, 0.717) is 18.8 Å². The minimum Gasteiger partial charge on any atom is -0.454 e. The molecule has 1 aromatic heterocycles. The molecule has 1 unspecified atom stereocenters. The fraction of sp³-hybridized carbons (Fsp3) is 0.611. The highest BCUT2D eigenvalue weighted by atomic mass is 16.7. The van der Waals surface area contributed by atoms with Crippen LogP contribution in [0.2, 0.25) is 0 Å². The Morgan fingerprint density at radius 3 is 2.78 bits per heavy atom. The van der Waals surface area contributed by atoms with E-state index < -0.39 is 0 Å². The van der Waals surface area contributed by atoms with Crippen LogP contribution in [-0.4, -0.2) is 28.9 Å². The van der Waals surface area contributed by atoms with Gasteiger partial charge < -0.3 is 19.4 Å². The predicted octanol–water partition coefficient (Wildman–Crippen LogP) is 3.17. The van der Waals surface area contributed by atoms with Crippen LogP contribution >= 0.6 is 0 Å². The van der Waals surface area contributed by atoms with E-state index in [2.05, 4.69) is 16.0 Å². The maximum Gasteiger partial charge on any atom is 0.231 e. The van der Waals surface area contributed by atoms with Gasteiger partial charge in [0.05, 0.1) is 11.0 Å². The number of imidazole rings is 1. The van der Waals surface area contributed by atoms with Crippen LogP contribution in [0.4, 0.5) is 0 Å². The van der Waals surface area contributed by atoms with Gasteiger partial charge in [0.25, 0.3) is 0 Å². The van der Waals surface area contributed by atoms with Gasteiger partial charge in [-0.15, -0.1) is 0 Å². The molecule has 1 aliphatic carbocycles. The van der Waals surface area contributed by atoms with Crippen molar-refractivity contribution in [2.24, 2.45) is 0 Å². The summed E-state index contributed by atoms with van der Waals surface area (Å²) in [6.45, 7) is 2.53. The van der Waals surface area contributed by atoms with Gasteiger partial charge in [0.2, 0.25) is 6.79 Å². The minimum atomic E-state index is 0.323. The second-order valence-corrected chi connectivity index (χ2v) is 7.03. The molecule has 3 heterocycles. The number of rotatable bonds is 4. The summed E-state index contributed by atoms with van der Waals surface area (Å²) in [6, 6.07) is 4.81. The van der Waals surface area contributed by atoms with Crippen LogP contribution in [-0.2, 0) is 6.54 Å². The van der Waals surface area contributed by atoms with E-state index in [0.717, 1.165) is 23.6 Å². The van der Waals surface area contributed by atoms with Crippen LogP contribution < -0.4 is 14.8 Å². The summed E-state index contributed by atoms with van der Waals surface area (Å²) in [6.07, 6.45) is 7.71. The Morgan fingerprint density at radius 2 is 2.00 bits per heavy atom. The summed E-state index contributed by atoms with van der Waals surface area (Å²) in [5.41, 5.74) is 2.25. The van der Waals surface area contributed by atoms with Crippen molar-refractivity contribution in [1.29, 1.82) is 0 Å². The Labute approximate surface area is 136 Å². The van der Waals surface area contributed by atoms with E-state index in [4.69, 9.17) is 14.5 Å². The lowest BCUT2D eigenvalue weighted by molar-refractivity contribution is 0.174. The Hall–Kier alpha value is -1.75. The molecule has 0 amide bonds. The van der Waals surface area contributed by atoms with E-state index in [-0.39, 0.29) is 0 Å². The molecule has 5 rings (SSSR count). The van der Waals surface area contributed by atoms with Crippen molar-refractivity contribution in [3.8, 4) is 11.5 Å². The van der Waals surface area contributed by atoms with E-state index in [1.54, 1.807) is 0 Å². The number of nitrogens with zero attached hydrogens (tertiary/aromatic N) is 2. The fourth-order valence-corrected chi connectivity index (χ4v) is 3.88. The van der Waals surface area contributed by atoms with Crippen LogP contribution in [0, 0.1) is 0 Å². The van der Waals surface area contributed by atoms with Gasteiger partial charge in [0.15, 0.2) is 11.5 Å². The lowest BCUT2D eigenvalue weighted by Gasteiger charge is -2.24. The molecule has 23 heavy (non-hydrogen) atoms. The number of aryl methyl sites for hydroxylation is 1. The lowest BCUT2D eigenvalue weighted by atomic mass is 10.0. The molecule has 0 spiro atoms. The van der Waals surface area contributed by atoms with E-state index in [1.807, 2.05) is 6.07 Å². The Kier molecular flexibility index (Phi) is 3.21. The van der Waals surface area contributed by atoms with Crippen molar-refractivity contribution >= 4 is 11.0 Å². The Balaban J connectivity index is 1.48. The SMILES string of the molecule is c1c2c(cc3c1nc(C1CC1)n3CCC1CCCCN1)OCO2. The normalized spacial score (nSPS) is 23.6. The van der Waals surface area contributed by atoms with Crippen LogP contribution in [0.15, 0.2) is 12.1 Å². The molecule has 5 nitrogen and oxygen atoms in total. The summed E-state index contributed by atoms with van der Waals surface area (Å²) >= 11 is 0. The zero-order valence-corrected chi connectivity index (χ0v) is 13.4. The van der Waals surface area contributed by atoms with Crippen molar-refractivity contribution in [2.45, 2.75) is 57.0 Å². The topological polar surface area (TPSA) is 48.3 Å². The van der Waals surface area contributed by atoms with E-state index in [9.17, 15) is 0 Å². The second-order valence-electron chi connectivity index (χ2n) is 7.03. The van der Waals surface area contributed by atoms with Gasteiger partial charge in [0, 0.05) is 30.6 Å². The Bertz CT molecular complexity index is 729. The number of hydrogen-bond acceptors (Lipinski definition) is 4. The molecule has 3 aliphatic rings. The second kappa shape index (κ2) is 5.41. The van der Waals surface area contributed by atoms with E-state index in [1.165, 1.54) is 56.4 Å². The molecule has 1 aromatic carbocycles. The maximum atomic E-state index is 5.57. The summed E-state index contributed by atoms with van der Waals surface area (Å²) in [4.78, 5) is 4.92. The molecule has 2 aliphatic heterocycles. The zero-order valence-electron chi connectivity index (χ0n) is 13.4. The van der Waals surface area contributed by atoms with Crippen LogP contribution in [0.3, 0.4) is 0 Å². The fourth-order valence-electron chi connectivity index (χ4n) is 3.88. The van der Waals surface area contributed by atoms with Crippen LogP contribution in [0.25, 0.3) is 11.0 Å². The monoisotopic (exact) mass is 313 g/mol. The first-order valence-electron chi connectivity index (χ1n) is 8.91. The smallest absolute Gasteiger partial charge is 0.231 e. The third-order valence-corrected chi connectivity index (χ3v) is 5.33. The maximum absolute atomic E-state index is 5.57. The van der Waals surface area contributed by atoms with E-state index >= 15 is 0 Å². The van der Waals surface area contributed by atoms with Crippen molar-refractivity contribution in [3.05, 3.63) is 18.0 Å². The predicted molar refractivity (Wildman–Crippen MR) is 88.1 cm³/mol.